The molecule has 3 nitrogen and oxygen atoms in total. The zero-order chi connectivity index (χ0) is 13.7. The van der Waals surface area contributed by atoms with Crippen LogP contribution >= 0.6 is 0 Å². The molecule has 0 aliphatic carbocycles. The van der Waals surface area contributed by atoms with Crippen LogP contribution in [0.5, 0.6) is 5.75 Å². The number of hydrogen-bond acceptors (Lipinski definition) is 2. The van der Waals surface area contributed by atoms with Gasteiger partial charge in [-0.25, -0.2) is 4.79 Å². The molecule has 0 amide bonds. The minimum Gasteiger partial charge on any atom is -0.507 e. The molecule has 0 heterocycles. The quantitative estimate of drug-likeness (QED) is 0.802. The second-order valence-corrected chi connectivity index (χ2v) is 4.93. The highest BCUT2D eigenvalue weighted by Gasteiger charge is 2.10. The summed E-state index contributed by atoms with van der Waals surface area (Å²) in [5, 5.41) is 18.6. The Balaban J connectivity index is 2.72. The highest BCUT2D eigenvalue weighted by molar-refractivity contribution is 5.89. The summed E-state index contributed by atoms with van der Waals surface area (Å²) in [6.07, 6.45) is 2.96. The summed E-state index contributed by atoms with van der Waals surface area (Å²) in [6, 6.07) is 4.38. The number of carbonyl (C=O) groups is 1. The van der Waals surface area contributed by atoms with E-state index >= 15 is 0 Å². The molecule has 0 aliphatic rings. The molecular weight excluding hydrogens is 228 g/mol. The minimum atomic E-state index is -1.04. The summed E-state index contributed by atoms with van der Waals surface area (Å²) in [4.78, 5) is 10.7. The van der Waals surface area contributed by atoms with Crippen LogP contribution in [0.25, 0.3) is 5.57 Å². The van der Waals surface area contributed by atoms with Crippen molar-refractivity contribution in [1.29, 1.82) is 0 Å². The lowest BCUT2D eigenvalue weighted by Gasteiger charge is -2.10. The number of rotatable bonds is 6. The van der Waals surface area contributed by atoms with Crippen molar-refractivity contribution in [1.82, 2.24) is 0 Å². The first-order chi connectivity index (χ1) is 8.41. The minimum absolute atomic E-state index is 0.00977. The lowest BCUT2D eigenvalue weighted by molar-refractivity contribution is 0.0696. The van der Waals surface area contributed by atoms with E-state index in [0.717, 1.165) is 24.8 Å². The molecule has 0 unspecified atom stereocenters. The van der Waals surface area contributed by atoms with E-state index in [2.05, 4.69) is 20.4 Å². The zero-order valence-corrected chi connectivity index (χ0v) is 10.9. The van der Waals surface area contributed by atoms with E-state index in [1.54, 1.807) is 6.07 Å². The van der Waals surface area contributed by atoms with Crippen molar-refractivity contribution >= 4 is 11.5 Å². The first kappa shape index (κ1) is 14.3. The van der Waals surface area contributed by atoms with Gasteiger partial charge in [0.05, 0.1) is 5.56 Å². The van der Waals surface area contributed by atoms with E-state index in [0.29, 0.717) is 11.5 Å². The Hall–Kier alpha value is -1.77. The van der Waals surface area contributed by atoms with Gasteiger partial charge in [0.15, 0.2) is 0 Å². The monoisotopic (exact) mass is 248 g/mol. The van der Waals surface area contributed by atoms with Crippen LogP contribution in [0.2, 0.25) is 0 Å². The smallest absolute Gasteiger partial charge is 0.335 e. The van der Waals surface area contributed by atoms with E-state index in [1.807, 2.05) is 0 Å². The van der Waals surface area contributed by atoms with Gasteiger partial charge in [0, 0.05) is 5.56 Å². The average molecular weight is 248 g/mol. The molecule has 0 spiro atoms. The van der Waals surface area contributed by atoms with Gasteiger partial charge < -0.3 is 10.2 Å². The average Bonchev–Trinajstić information content (AvgIpc) is 2.27. The molecule has 0 atom stereocenters. The number of carboxylic acid groups (broad SMARTS) is 1. The van der Waals surface area contributed by atoms with Gasteiger partial charge in [-0.3, -0.25) is 0 Å². The molecule has 0 fully saturated rings. The second-order valence-electron chi connectivity index (χ2n) is 4.93. The van der Waals surface area contributed by atoms with E-state index < -0.39 is 5.97 Å². The summed E-state index contributed by atoms with van der Waals surface area (Å²) in [5.74, 6) is -0.396. The number of allylic oxidation sites excluding steroid dienone is 1. The summed E-state index contributed by atoms with van der Waals surface area (Å²) in [7, 11) is 0. The Morgan fingerprint density at radius 3 is 2.56 bits per heavy atom. The van der Waals surface area contributed by atoms with Crippen molar-refractivity contribution in [3.63, 3.8) is 0 Å². The molecule has 0 saturated carbocycles. The van der Waals surface area contributed by atoms with Gasteiger partial charge >= 0.3 is 5.97 Å². The van der Waals surface area contributed by atoms with Gasteiger partial charge in [0.1, 0.15) is 5.75 Å². The number of aromatic hydroxyl groups is 1. The van der Waals surface area contributed by atoms with Gasteiger partial charge in [0.25, 0.3) is 0 Å². The number of hydrogen-bond donors (Lipinski definition) is 2. The summed E-state index contributed by atoms with van der Waals surface area (Å²) in [5.41, 5.74) is 1.58. The molecule has 0 saturated heterocycles. The third-order valence-electron chi connectivity index (χ3n) is 2.89. The van der Waals surface area contributed by atoms with Gasteiger partial charge in [-0.1, -0.05) is 32.9 Å². The van der Waals surface area contributed by atoms with Crippen molar-refractivity contribution in [2.45, 2.75) is 33.1 Å². The Bertz CT molecular complexity index is 447. The van der Waals surface area contributed by atoms with Gasteiger partial charge in [-0.2, -0.15) is 0 Å². The predicted molar refractivity (Wildman–Crippen MR) is 72.8 cm³/mol. The molecule has 2 N–H and O–H groups in total. The van der Waals surface area contributed by atoms with Gasteiger partial charge in [0.2, 0.25) is 0 Å². The summed E-state index contributed by atoms with van der Waals surface area (Å²) < 4.78 is 0. The molecule has 18 heavy (non-hydrogen) atoms. The zero-order valence-electron chi connectivity index (χ0n) is 10.9. The Labute approximate surface area is 108 Å². The second kappa shape index (κ2) is 6.24. The molecule has 1 aromatic carbocycles. The fourth-order valence-corrected chi connectivity index (χ4v) is 1.82. The number of phenolic OH excluding ortho intramolecular Hbond substituents is 1. The summed E-state index contributed by atoms with van der Waals surface area (Å²) >= 11 is 0. The van der Waals surface area contributed by atoms with Gasteiger partial charge in [-0.05, 0) is 36.5 Å². The fourth-order valence-electron chi connectivity index (χ4n) is 1.82. The molecule has 0 radical (unpaired) electrons. The van der Waals surface area contributed by atoms with Crippen LogP contribution in [0.4, 0.5) is 0 Å². The molecule has 1 rings (SSSR count). The lowest BCUT2D eigenvalue weighted by atomic mass is 9.97. The van der Waals surface area contributed by atoms with Gasteiger partial charge in [-0.15, -0.1) is 0 Å². The van der Waals surface area contributed by atoms with Crippen LogP contribution in [0.3, 0.4) is 0 Å². The van der Waals surface area contributed by atoms with E-state index in [-0.39, 0.29) is 11.3 Å². The van der Waals surface area contributed by atoms with Crippen molar-refractivity contribution in [2.75, 3.05) is 0 Å². The number of benzene rings is 1. The fraction of sp³-hybridized carbons (Fsp3) is 0.400. The van der Waals surface area contributed by atoms with Crippen LogP contribution in [0, 0.1) is 5.92 Å². The predicted octanol–water partition coefficient (Wildman–Crippen LogP) is 3.93. The van der Waals surface area contributed by atoms with Crippen molar-refractivity contribution in [3.05, 3.63) is 35.9 Å². The van der Waals surface area contributed by atoms with E-state index in [4.69, 9.17) is 5.11 Å². The maximum Gasteiger partial charge on any atom is 0.335 e. The standard InChI is InChI=1S/C15H20O3/c1-10(2)5-4-6-11(3)13-8-7-12(15(17)18)9-14(13)16/h7-10,16H,3-6H2,1-2H3,(H,17,18). The third kappa shape index (κ3) is 3.91. The van der Waals surface area contributed by atoms with E-state index in [1.165, 1.54) is 12.1 Å². The highest BCUT2D eigenvalue weighted by Crippen LogP contribution is 2.28. The van der Waals surface area contributed by atoms with Crippen LogP contribution in [0.1, 0.15) is 49.0 Å². The summed E-state index contributed by atoms with van der Waals surface area (Å²) in [6.45, 7) is 8.29. The highest BCUT2D eigenvalue weighted by atomic mass is 16.4. The van der Waals surface area contributed by atoms with E-state index in [9.17, 15) is 9.90 Å². The normalized spacial score (nSPS) is 10.6. The first-order valence-electron chi connectivity index (χ1n) is 6.16. The topological polar surface area (TPSA) is 57.5 Å². The molecule has 1 aromatic rings. The number of carboxylic acids is 1. The van der Waals surface area contributed by atoms with Crippen LogP contribution in [-0.4, -0.2) is 16.2 Å². The van der Waals surface area contributed by atoms with Crippen molar-refractivity contribution in [3.8, 4) is 5.75 Å². The molecular formula is C15H20O3. The van der Waals surface area contributed by atoms with Crippen molar-refractivity contribution < 1.29 is 15.0 Å². The first-order valence-corrected chi connectivity index (χ1v) is 6.16. The molecule has 0 aromatic heterocycles. The number of aromatic carboxylic acids is 1. The maximum absolute atomic E-state index is 10.7. The Kier molecular flexibility index (Phi) is 4.95. The number of phenols is 1. The van der Waals surface area contributed by atoms with Crippen LogP contribution in [-0.2, 0) is 0 Å². The third-order valence-corrected chi connectivity index (χ3v) is 2.89. The largest absolute Gasteiger partial charge is 0.507 e. The Morgan fingerprint density at radius 2 is 2.06 bits per heavy atom. The lowest BCUT2D eigenvalue weighted by Crippen LogP contribution is -1.96. The Morgan fingerprint density at radius 1 is 1.39 bits per heavy atom. The SMILES string of the molecule is C=C(CCCC(C)C)c1ccc(C(=O)O)cc1O. The maximum atomic E-state index is 10.7. The molecule has 0 aliphatic heterocycles. The molecule has 98 valence electrons. The van der Waals surface area contributed by atoms with Crippen LogP contribution in [0.15, 0.2) is 24.8 Å². The van der Waals surface area contributed by atoms with Crippen LogP contribution < -0.4 is 0 Å². The molecule has 0 bridgehead atoms. The molecule has 3 heteroatoms. The van der Waals surface area contributed by atoms with Crippen molar-refractivity contribution in [2.24, 2.45) is 5.92 Å².